The number of hydrogen-bond acceptors (Lipinski definition) is 5. The standard InChI is InChI=1S/C26H27FN6O/c1-15-13-30-26(33-24(15)20-14-29-23-8-3-2-7-19(20)23)32-18-6-4-5-17(12-18)31-25(34)16-9-10-22(28)21(27)11-16/h2-3,7-11,13-14,17-18,29H,4-6,12,28H2,1H3,(H,31,34)(H,30,32,33)/t17-,18+/m0/s1. The second-order valence-electron chi connectivity index (χ2n) is 8.89. The molecule has 0 saturated heterocycles. The normalized spacial score (nSPS) is 18.1. The van der Waals surface area contributed by atoms with Crippen LogP contribution in [0.3, 0.4) is 0 Å². The first kappa shape index (κ1) is 21.9. The van der Waals surface area contributed by atoms with Crippen molar-refractivity contribution in [2.75, 3.05) is 11.1 Å². The number of para-hydroxylation sites is 1. The van der Waals surface area contributed by atoms with Crippen LogP contribution in [0, 0.1) is 12.7 Å². The first-order valence-corrected chi connectivity index (χ1v) is 11.5. The van der Waals surface area contributed by atoms with Gasteiger partial charge in [-0.25, -0.2) is 14.4 Å². The number of benzene rings is 2. The zero-order chi connectivity index (χ0) is 23.7. The van der Waals surface area contributed by atoms with E-state index in [0.29, 0.717) is 5.95 Å². The second kappa shape index (κ2) is 9.13. The lowest BCUT2D eigenvalue weighted by Gasteiger charge is -2.30. The van der Waals surface area contributed by atoms with Gasteiger partial charge in [0, 0.05) is 46.5 Å². The van der Waals surface area contributed by atoms with Crippen LogP contribution in [0.25, 0.3) is 22.2 Å². The van der Waals surface area contributed by atoms with Crippen molar-refractivity contribution in [1.29, 1.82) is 0 Å². The van der Waals surface area contributed by atoms with Crippen LogP contribution in [0.1, 0.15) is 41.6 Å². The highest BCUT2D eigenvalue weighted by molar-refractivity contribution is 5.95. The Morgan fingerprint density at radius 2 is 2.00 bits per heavy atom. The Labute approximate surface area is 197 Å². The van der Waals surface area contributed by atoms with Gasteiger partial charge >= 0.3 is 0 Å². The highest BCUT2D eigenvalue weighted by Gasteiger charge is 2.25. The van der Waals surface area contributed by atoms with Crippen LogP contribution in [0.5, 0.6) is 0 Å². The summed E-state index contributed by atoms with van der Waals surface area (Å²) in [6.45, 7) is 2.01. The molecule has 1 fully saturated rings. The Balaban J connectivity index is 1.28. The van der Waals surface area contributed by atoms with Gasteiger partial charge in [0.2, 0.25) is 5.95 Å². The van der Waals surface area contributed by atoms with Crippen molar-refractivity contribution in [3.05, 3.63) is 71.8 Å². The van der Waals surface area contributed by atoms with Gasteiger partial charge in [0.25, 0.3) is 5.91 Å². The maximum Gasteiger partial charge on any atom is 0.251 e. The number of carbonyl (C=O) groups excluding carboxylic acids is 1. The first-order valence-electron chi connectivity index (χ1n) is 11.5. The fourth-order valence-corrected chi connectivity index (χ4v) is 4.62. The fraction of sp³-hybridized carbons (Fsp3) is 0.269. The van der Waals surface area contributed by atoms with Gasteiger partial charge in [-0.2, -0.15) is 0 Å². The van der Waals surface area contributed by atoms with Gasteiger partial charge in [0.15, 0.2) is 0 Å². The summed E-state index contributed by atoms with van der Waals surface area (Å²) in [7, 11) is 0. The molecule has 2 aromatic carbocycles. The third-order valence-corrected chi connectivity index (χ3v) is 6.42. The van der Waals surface area contributed by atoms with Crippen molar-refractivity contribution in [3.63, 3.8) is 0 Å². The summed E-state index contributed by atoms with van der Waals surface area (Å²) in [4.78, 5) is 25.2. The predicted molar refractivity (Wildman–Crippen MR) is 132 cm³/mol. The average molecular weight is 459 g/mol. The average Bonchev–Trinajstić information content (AvgIpc) is 3.26. The largest absolute Gasteiger partial charge is 0.396 e. The second-order valence-corrected chi connectivity index (χ2v) is 8.89. The van der Waals surface area contributed by atoms with Crippen molar-refractivity contribution >= 4 is 28.4 Å². The fourth-order valence-electron chi connectivity index (χ4n) is 4.62. The van der Waals surface area contributed by atoms with Gasteiger partial charge in [-0.3, -0.25) is 4.79 Å². The summed E-state index contributed by atoms with van der Waals surface area (Å²) in [5.41, 5.74) is 9.82. The molecule has 2 aromatic heterocycles. The molecule has 0 bridgehead atoms. The highest BCUT2D eigenvalue weighted by atomic mass is 19.1. The molecule has 5 N–H and O–H groups in total. The summed E-state index contributed by atoms with van der Waals surface area (Å²) < 4.78 is 13.7. The van der Waals surface area contributed by atoms with Gasteiger partial charge in [-0.05, 0) is 62.4 Å². The van der Waals surface area contributed by atoms with E-state index in [0.717, 1.165) is 53.4 Å². The molecule has 2 atom stereocenters. The molecule has 174 valence electrons. The summed E-state index contributed by atoms with van der Waals surface area (Å²) in [5, 5.41) is 7.61. The first-order chi connectivity index (χ1) is 16.5. The Kier molecular flexibility index (Phi) is 5.88. The molecule has 1 saturated carbocycles. The summed E-state index contributed by atoms with van der Waals surface area (Å²) in [6, 6.07) is 12.4. The number of amides is 1. The van der Waals surface area contributed by atoms with E-state index in [2.05, 4.69) is 26.7 Å². The molecule has 2 heterocycles. The van der Waals surface area contributed by atoms with E-state index in [1.54, 1.807) is 6.07 Å². The van der Waals surface area contributed by atoms with E-state index in [1.807, 2.05) is 37.5 Å². The zero-order valence-electron chi connectivity index (χ0n) is 18.9. The van der Waals surface area contributed by atoms with Crippen molar-refractivity contribution in [1.82, 2.24) is 20.3 Å². The number of fused-ring (bicyclic) bond motifs is 1. The van der Waals surface area contributed by atoms with Crippen molar-refractivity contribution in [2.24, 2.45) is 0 Å². The summed E-state index contributed by atoms with van der Waals surface area (Å²) in [6.07, 6.45) is 7.35. The molecule has 8 heteroatoms. The van der Waals surface area contributed by atoms with Crippen LogP contribution >= 0.6 is 0 Å². The number of hydrogen-bond donors (Lipinski definition) is 4. The van der Waals surface area contributed by atoms with Crippen molar-refractivity contribution in [2.45, 2.75) is 44.7 Å². The van der Waals surface area contributed by atoms with E-state index < -0.39 is 5.82 Å². The van der Waals surface area contributed by atoms with Crippen molar-refractivity contribution < 1.29 is 9.18 Å². The Morgan fingerprint density at radius 1 is 1.18 bits per heavy atom. The van der Waals surface area contributed by atoms with Crippen LogP contribution in [0.15, 0.2) is 54.9 Å². The number of aromatic nitrogens is 3. The molecule has 7 nitrogen and oxygen atoms in total. The number of rotatable bonds is 5. The van der Waals surface area contributed by atoms with E-state index in [-0.39, 0.29) is 29.2 Å². The minimum atomic E-state index is -0.585. The molecule has 34 heavy (non-hydrogen) atoms. The predicted octanol–water partition coefficient (Wildman–Crippen LogP) is 4.81. The lowest BCUT2D eigenvalue weighted by molar-refractivity contribution is 0.0926. The third-order valence-electron chi connectivity index (χ3n) is 6.42. The molecule has 1 aliphatic rings. The Bertz CT molecular complexity index is 1350. The molecular formula is C26H27FN6O. The van der Waals surface area contributed by atoms with Gasteiger partial charge < -0.3 is 21.4 Å². The van der Waals surface area contributed by atoms with Gasteiger partial charge in [0.1, 0.15) is 5.82 Å². The van der Waals surface area contributed by atoms with Gasteiger partial charge in [-0.15, -0.1) is 0 Å². The molecule has 0 radical (unpaired) electrons. The number of aromatic amines is 1. The lowest BCUT2D eigenvalue weighted by Crippen LogP contribution is -2.42. The quantitative estimate of drug-likeness (QED) is 0.321. The van der Waals surface area contributed by atoms with Gasteiger partial charge in [-0.1, -0.05) is 18.2 Å². The molecule has 0 unspecified atom stereocenters. The van der Waals surface area contributed by atoms with E-state index in [1.165, 1.54) is 12.1 Å². The molecule has 0 spiro atoms. The number of H-pyrrole nitrogens is 1. The van der Waals surface area contributed by atoms with Crippen molar-refractivity contribution in [3.8, 4) is 11.3 Å². The number of carbonyl (C=O) groups is 1. The monoisotopic (exact) mass is 458 g/mol. The minimum absolute atomic E-state index is 0.0158. The van der Waals surface area contributed by atoms with Crippen LogP contribution in [-0.2, 0) is 0 Å². The maximum absolute atomic E-state index is 13.7. The number of nitrogen functional groups attached to an aromatic ring is 1. The zero-order valence-corrected chi connectivity index (χ0v) is 18.9. The summed E-state index contributed by atoms with van der Waals surface area (Å²) >= 11 is 0. The van der Waals surface area contributed by atoms with Crippen LogP contribution < -0.4 is 16.4 Å². The number of nitrogens with zero attached hydrogens (tertiary/aromatic N) is 2. The SMILES string of the molecule is Cc1cnc(N[C@@H]2CCC[C@H](NC(=O)c3ccc(N)c(F)c3)C2)nc1-c1c[nH]c2ccccc12. The number of nitrogens with two attached hydrogens (primary N) is 1. The molecule has 5 rings (SSSR count). The Morgan fingerprint density at radius 3 is 2.85 bits per heavy atom. The number of nitrogens with one attached hydrogen (secondary N) is 3. The third kappa shape index (κ3) is 4.44. The molecule has 1 aliphatic carbocycles. The molecule has 4 aromatic rings. The van der Waals surface area contributed by atoms with E-state index >= 15 is 0 Å². The van der Waals surface area contributed by atoms with E-state index in [4.69, 9.17) is 10.7 Å². The van der Waals surface area contributed by atoms with Crippen LogP contribution in [-0.4, -0.2) is 32.9 Å². The number of anilines is 2. The topological polar surface area (TPSA) is 109 Å². The molecule has 0 aliphatic heterocycles. The van der Waals surface area contributed by atoms with Gasteiger partial charge in [0.05, 0.1) is 11.4 Å². The molecule has 1 amide bonds. The van der Waals surface area contributed by atoms with Crippen LogP contribution in [0.2, 0.25) is 0 Å². The van der Waals surface area contributed by atoms with Crippen LogP contribution in [0.4, 0.5) is 16.0 Å². The number of halogens is 1. The van der Waals surface area contributed by atoms with E-state index in [9.17, 15) is 9.18 Å². The highest BCUT2D eigenvalue weighted by Crippen LogP contribution is 2.30. The summed E-state index contributed by atoms with van der Waals surface area (Å²) in [5.74, 6) is -0.306. The smallest absolute Gasteiger partial charge is 0.251 e. The maximum atomic E-state index is 13.7. The minimum Gasteiger partial charge on any atom is -0.396 e. The number of aryl methyl sites for hydroxylation is 1. The lowest BCUT2D eigenvalue weighted by atomic mass is 9.91. The molecular weight excluding hydrogens is 431 g/mol. The Hall–Kier alpha value is -3.94.